The molecule has 23 heavy (non-hydrogen) atoms. The van der Waals surface area contributed by atoms with Gasteiger partial charge in [-0.1, -0.05) is 6.08 Å². The van der Waals surface area contributed by atoms with Crippen LogP contribution in [0.3, 0.4) is 0 Å². The van der Waals surface area contributed by atoms with Crippen LogP contribution in [0.5, 0.6) is 17.2 Å². The molecule has 1 aromatic rings. The molecular weight excluding hydrogens is 298 g/mol. The summed E-state index contributed by atoms with van der Waals surface area (Å²) in [6.45, 7) is 0. The largest absolute Gasteiger partial charge is 0.493 e. The van der Waals surface area contributed by atoms with E-state index < -0.39 is 0 Å². The molecule has 0 saturated carbocycles. The second-order valence-corrected chi connectivity index (χ2v) is 4.82. The Balaban J connectivity index is 2.25. The van der Waals surface area contributed by atoms with E-state index in [2.05, 4.69) is 0 Å². The molecule has 1 aliphatic rings. The summed E-state index contributed by atoms with van der Waals surface area (Å²) < 4.78 is 15.8. The number of benzene rings is 1. The predicted molar refractivity (Wildman–Crippen MR) is 85.4 cm³/mol. The van der Waals surface area contributed by atoms with Gasteiger partial charge in [0.05, 0.1) is 21.3 Å². The topological polar surface area (TPSA) is 65.1 Å². The molecule has 0 aromatic heterocycles. The lowest BCUT2D eigenvalue weighted by Crippen LogP contribution is -2.32. The molecule has 6 heteroatoms. The normalized spacial score (nSPS) is 14.2. The van der Waals surface area contributed by atoms with Crippen LogP contribution >= 0.6 is 0 Å². The number of allylic oxidation sites excluding steroid dienone is 1. The van der Waals surface area contributed by atoms with Crippen molar-refractivity contribution < 1.29 is 23.8 Å². The highest BCUT2D eigenvalue weighted by molar-refractivity contribution is 6.04. The number of nitrogens with zero attached hydrogens (tertiary/aromatic N) is 1. The van der Waals surface area contributed by atoms with Gasteiger partial charge in [0.15, 0.2) is 11.5 Å². The van der Waals surface area contributed by atoms with Gasteiger partial charge in [0.1, 0.15) is 0 Å². The number of hydrogen-bond acceptors (Lipinski definition) is 5. The van der Waals surface area contributed by atoms with Crippen LogP contribution in [0.1, 0.15) is 18.4 Å². The molecular formula is C17H19NO5. The summed E-state index contributed by atoms with van der Waals surface area (Å²) in [5, 5.41) is 0. The van der Waals surface area contributed by atoms with Crippen molar-refractivity contribution in [3.63, 3.8) is 0 Å². The van der Waals surface area contributed by atoms with Gasteiger partial charge in [0.2, 0.25) is 11.7 Å². The van der Waals surface area contributed by atoms with Gasteiger partial charge < -0.3 is 14.2 Å². The summed E-state index contributed by atoms with van der Waals surface area (Å²) >= 11 is 0. The maximum Gasteiger partial charge on any atom is 0.257 e. The Morgan fingerprint density at radius 3 is 2.30 bits per heavy atom. The van der Waals surface area contributed by atoms with E-state index in [1.165, 1.54) is 33.6 Å². The maximum atomic E-state index is 12.1. The Labute approximate surface area is 134 Å². The first-order valence-corrected chi connectivity index (χ1v) is 7.11. The molecule has 0 fully saturated rings. The number of carbonyl (C=O) groups is 2. The molecule has 6 nitrogen and oxygen atoms in total. The van der Waals surface area contributed by atoms with Crippen LogP contribution in [0.4, 0.5) is 0 Å². The highest BCUT2D eigenvalue weighted by atomic mass is 16.5. The van der Waals surface area contributed by atoms with E-state index in [0.717, 1.165) is 4.90 Å². The number of ether oxygens (including phenoxy) is 3. The fraction of sp³-hybridized carbons (Fsp3) is 0.294. The summed E-state index contributed by atoms with van der Waals surface area (Å²) in [5.41, 5.74) is 0.696. The van der Waals surface area contributed by atoms with Crippen molar-refractivity contribution in [3.8, 4) is 17.2 Å². The van der Waals surface area contributed by atoms with Crippen molar-refractivity contribution in [1.29, 1.82) is 0 Å². The SMILES string of the molecule is COc1cc(C=CC(=O)N2C=CCCC2=O)cc(OC)c1OC. The van der Waals surface area contributed by atoms with E-state index in [-0.39, 0.29) is 11.8 Å². The van der Waals surface area contributed by atoms with E-state index in [1.54, 1.807) is 24.3 Å². The third-order valence-corrected chi connectivity index (χ3v) is 3.39. The van der Waals surface area contributed by atoms with Gasteiger partial charge in [0.25, 0.3) is 5.91 Å². The van der Waals surface area contributed by atoms with Gasteiger partial charge in [-0.2, -0.15) is 0 Å². The fourth-order valence-corrected chi connectivity index (χ4v) is 2.23. The summed E-state index contributed by atoms with van der Waals surface area (Å²) in [6, 6.07) is 3.44. The van der Waals surface area contributed by atoms with Crippen LogP contribution in [0.25, 0.3) is 6.08 Å². The molecule has 0 aliphatic carbocycles. The Morgan fingerprint density at radius 1 is 1.13 bits per heavy atom. The lowest BCUT2D eigenvalue weighted by Gasteiger charge is -2.17. The van der Waals surface area contributed by atoms with Crippen molar-refractivity contribution in [2.24, 2.45) is 0 Å². The second-order valence-electron chi connectivity index (χ2n) is 4.82. The second kappa shape index (κ2) is 7.49. The molecule has 0 spiro atoms. The Morgan fingerprint density at radius 2 is 1.78 bits per heavy atom. The number of carbonyl (C=O) groups excluding carboxylic acids is 2. The highest BCUT2D eigenvalue weighted by Gasteiger charge is 2.19. The number of imide groups is 1. The lowest BCUT2D eigenvalue weighted by molar-refractivity contribution is -0.139. The number of amides is 2. The Bertz CT molecular complexity index is 638. The minimum Gasteiger partial charge on any atom is -0.493 e. The average Bonchev–Trinajstić information content (AvgIpc) is 2.58. The van der Waals surface area contributed by atoms with Gasteiger partial charge in [0, 0.05) is 18.7 Å². The third kappa shape index (κ3) is 3.71. The minimum atomic E-state index is -0.389. The molecule has 1 aromatic carbocycles. The van der Waals surface area contributed by atoms with Crippen molar-refractivity contribution >= 4 is 17.9 Å². The van der Waals surface area contributed by atoms with E-state index in [1.807, 2.05) is 0 Å². The molecule has 2 rings (SSSR count). The Hall–Kier alpha value is -2.76. The van der Waals surface area contributed by atoms with Gasteiger partial charge in [-0.25, -0.2) is 0 Å². The highest BCUT2D eigenvalue weighted by Crippen LogP contribution is 2.38. The van der Waals surface area contributed by atoms with Crippen LogP contribution in [-0.4, -0.2) is 38.0 Å². The zero-order valence-corrected chi connectivity index (χ0v) is 13.4. The molecule has 0 saturated heterocycles. The first kappa shape index (κ1) is 16.6. The molecule has 0 atom stereocenters. The van der Waals surface area contributed by atoms with E-state index >= 15 is 0 Å². The monoisotopic (exact) mass is 317 g/mol. The van der Waals surface area contributed by atoms with Crippen molar-refractivity contribution in [2.45, 2.75) is 12.8 Å². The minimum absolute atomic E-state index is 0.202. The lowest BCUT2D eigenvalue weighted by atomic mass is 10.1. The zero-order valence-electron chi connectivity index (χ0n) is 13.4. The summed E-state index contributed by atoms with van der Waals surface area (Å²) in [5.74, 6) is 0.875. The number of hydrogen-bond donors (Lipinski definition) is 0. The van der Waals surface area contributed by atoms with Gasteiger partial charge in [-0.15, -0.1) is 0 Å². The molecule has 0 N–H and O–H groups in total. The van der Waals surface area contributed by atoms with E-state index in [4.69, 9.17) is 14.2 Å². The van der Waals surface area contributed by atoms with Crippen molar-refractivity contribution in [2.75, 3.05) is 21.3 Å². The van der Waals surface area contributed by atoms with E-state index in [0.29, 0.717) is 35.7 Å². The average molecular weight is 317 g/mol. The van der Waals surface area contributed by atoms with Gasteiger partial charge >= 0.3 is 0 Å². The first-order chi connectivity index (χ1) is 11.1. The molecule has 2 amide bonds. The molecule has 0 unspecified atom stereocenters. The predicted octanol–water partition coefficient (Wildman–Crippen LogP) is 2.39. The van der Waals surface area contributed by atoms with Crippen molar-refractivity contribution in [3.05, 3.63) is 36.0 Å². The number of methoxy groups -OCH3 is 3. The zero-order chi connectivity index (χ0) is 16.8. The van der Waals surface area contributed by atoms with E-state index in [9.17, 15) is 9.59 Å². The third-order valence-electron chi connectivity index (χ3n) is 3.39. The fourth-order valence-electron chi connectivity index (χ4n) is 2.23. The smallest absolute Gasteiger partial charge is 0.257 e. The molecule has 1 aliphatic heterocycles. The van der Waals surface area contributed by atoms with Crippen LogP contribution in [-0.2, 0) is 9.59 Å². The first-order valence-electron chi connectivity index (χ1n) is 7.11. The number of rotatable bonds is 5. The van der Waals surface area contributed by atoms with Crippen LogP contribution in [0, 0.1) is 0 Å². The summed E-state index contributed by atoms with van der Waals surface area (Å²) in [6.07, 6.45) is 7.26. The maximum absolute atomic E-state index is 12.1. The molecule has 1 heterocycles. The Kier molecular flexibility index (Phi) is 5.41. The van der Waals surface area contributed by atoms with Gasteiger partial charge in [-0.3, -0.25) is 14.5 Å². The van der Waals surface area contributed by atoms with Gasteiger partial charge in [-0.05, 0) is 30.2 Å². The molecule has 0 bridgehead atoms. The van der Waals surface area contributed by atoms with Crippen LogP contribution in [0.15, 0.2) is 30.5 Å². The van der Waals surface area contributed by atoms with Crippen molar-refractivity contribution in [1.82, 2.24) is 4.90 Å². The summed E-state index contributed by atoms with van der Waals surface area (Å²) in [4.78, 5) is 24.9. The van der Waals surface area contributed by atoms with Crippen LogP contribution in [0.2, 0.25) is 0 Å². The summed E-state index contributed by atoms with van der Waals surface area (Å²) in [7, 11) is 4.56. The quantitative estimate of drug-likeness (QED) is 0.780. The standard InChI is InChI=1S/C17H19NO5/c1-21-13-10-12(11-14(22-2)17(13)23-3)7-8-16(20)18-9-5-4-6-15(18)19/h5,7-11H,4,6H2,1-3H3. The molecule has 0 radical (unpaired) electrons. The molecule has 122 valence electrons. The van der Waals surface area contributed by atoms with Crippen LogP contribution < -0.4 is 14.2 Å².